The maximum atomic E-state index is 11.3. The minimum absolute atomic E-state index is 0.0433. The average molecular weight is 237 g/mol. The van der Waals surface area contributed by atoms with Crippen molar-refractivity contribution < 1.29 is 23.9 Å². The minimum Gasteiger partial charge on any atom is -0.474 e. The fraction of sp³-hybridized carbons (Fsp3) is 0.400. The number of hydrogen-bond donors (Lipinski definition) is 0. The Kier molecular flexibility index (Phi) is 1.71. The topological polar surface area (TPSA) is 48.4 Å². The summed E-state index contributed by atoms with van der Waals surface area (Å²) in [4.78, 5) is 14.9. The Morgan fingerprint density at radius 3 is 3.00 bits per heavy atom. The highest BCUT2D eigenvalue weighted by Crippen LogP contribution is 2.23. The Morgan fingerprint density at radius 1 is 1.73 bits per heavy atom. The van der Waals surface area contributed by atoms with Crippen LogP contribution in [0.2, 0.25) is 5.02 Å². The highest BCUT2D eigenvalue weighted by molar-refractivity contribution is 6.32. The molecule has 82 valence electrons. The molecule has 0 spiro atoms. The van der Waals surface area contributed by atoms with E-state index in [0.29, 0.717) is 0 Å². The zero-order valence-corrected chi connectivity index (χ0v) is 8.46. The Balaban J connectivity index is 3.24. The molecule has 0 N–H and O–H groups in total. The van der Waals surface area contributed by atoms with Gasteiger partial charge in [0.1, 0.15) is 5.02 Å². The summed E-state index contributed by atoms with van der Waals surface area (Å²) in [7, 11) is 1.14. The van der Waals surface area contributed by atoms with E-state index in [-0.39, 0.29) is 10.6 Å². The van der Waals surface area contributed by atoms with Crippen molar-refractivity contribution in [1.29, 1.82) is 0 Å². The van der Waals surface area contributed by atoms with Crippen molar-refractivity contribution in [3.8, 4) is 5.88 Å². The Bertz CT molecular complexity index is 559. The van der Waals surface area contributed by atoms with Crippen LogP contribution in [0.15, 0.2) is 12.3 Å². The van der Waals surface area contributed by atoms with Gasteiger partial charge < -0.3 is 9.47 Å². The smallest absolute Gasteiger partial charge is 0.339 e. The molecule has 0 saturated heterocycles. The van der Waals surface area contributed by atoms with E-state index in [1.54, 1.807) is 0 Å². The lowest BCUT2D eigenvalue weighted by Crippen LogP contribution is -2.08. The van der Waals surface area contributed by atoms with E-state index in [2.05, 4.69) is 9.72 Å². The molecule has 0 bridgehead atoms. The molecule has 0 radical (unpaired) electrons. The van der Waals surface area contributed by atoms with E-state index >= 15 is 0 Å². The standard InChI is InChI=1S/C10H12ClNO3/c1-6(2)15-9-8(11)4-7(5-12-9)10(13)14-3/h4-6H,1-3H3/i1D3,2D3,6D. The predicted molar refractivity (Wildman–Crippen MR) is 56.4 cm³/mol. The first kappa shape index (κ1) is 5.16. The first-order chi connectivity index (χ1) is 9.83. The van der Waals surface area contributed by atoms with Crippen LogP contribution in [0.4, 0.5) is 0 Å². The number of rotatable bonds is 3. The summed E-state index contributed by atoms with van der Waals surface area (Å²) >= 11 is 5.79. The SMILES string of the molecule is [2H]C([2H])([2H])C([2H])(Oc1ncc(C(=O)OC)cc1Cl)C([2H])([2H])[2H]. The van der Waals surface area contributed by atoms with E-state index in [4.69, 9.17) is 25.9 Å². The molecule has 5 heteroatoms. The fourth-order valence-electron chi connectivity index (χ4n) is 0.827. The van der Waals surface area contributed by atoms with Gasteiger partial charge in [0.15, 0.2) is 0 Å². The van der Waals surface area contributed by atoms with Crippen LogP contribution in [0.3, 0.4) is 0 Å². The number of carbonyl (C=O) groups excluding carboxylic acids is 1. The molecule has 0 amide bonds. The molecule has 0 aromatic carbocycles. The number of methoxy groups -OCH3 is 1. The molecule has 1 aromatic heterocycles. The third kappa shape index (κ3) is 3.09. The molecule has 4 nitrogen and oxygen atoms in total. The highest BCUT2D eigenvalue weighted by atomic mass is 35.5. The Labute approximate surface area is 103 Å². The molecule has 0 aliphatic rings. The average Bonchev–Trinajstić information content (AvgIpc) is 2.37. The van der Waals surface area contributed by atoms with Gasteiger partial charge in [-0.3, -0.25) is 0 Å². The van der Waals surface area contributed by atoms with E-state index in [9.17, 15) is 4.79 Å². The zero-order chi connectivity index (χ0) is 17.3. The summed E-state index contributed by atoms with van der Waals surface area (Å²) < 4.78 is 60.2. The lowest BCUT2D eigenvalue weighted by atomic mass is 10.3. The highest BCUT2D eigenvalue weighted by Gasteiger charge is 2.11. The summed E-state index contributed by atoms with van der Waals surface area (Å²) in [5, 5.41) is -0.326. The lowest BCUT2D eigenvalue weighted by molar-refractivity contribution is 0.0600. The molecular formula is C10H12ClNO3. The second-order valence-electron chi connectivity index (χ2n) is 2.43. The molecule has 0 aliphatic carbocycles. The normalized spacial score (nSPS) is 19.5. The van der Waals surface area contributed by atoms with Crippen molar-refractivity contribution in [3.05, 3.63) is 22.8 Å². The van der Waals surface area contributed by atoms with Gasteiger partial charge in [-0.15, -0.1) is 0 Å². The van der Waals surface area contributed by atoms with Gasteiger partial charge in [-0.2, -0.15) is 0 Å². The number of esters is 1. The van der Waals surface area contributed by atoms with Crippen molar-refractivity contribution >= 4 is 17.6 Å². The van der Waals surface area contributed by atoms with Crippen LogP contribution >= 0.6 is 11.6 Å². The van der Waals surface area contributed by atoms with Crippen LogP contribution in [-0.2, 0) is 4.74 Å². The fourth-order valence-corrected chi connectivity index (χ4v) is 1.03. The van der Waals surface area contributed by atoms with E-state index in [0.717, 1.165) is 19.4 Å². The summed E-state index contributed by atoms with van der Waals surface area (Å²) in [5.41, 5.74) is -0.0433. The van der Waals surface area contributed by atoms with Crippen LogP contribution in [0.25, 0.3) is 0 Å². The van der Waals surface area contributed by atoms with Crippen LogP contribution in [0.1, 0.15) is 33.7 Å². The van der Waals surface area contributed by atoms with Crippen LogP contribution in [-0.4, -0.2) is 24.1 Å². The molecule has 1 rings (SSSR count). The van der Waals surface area contributed by atoms with Gasteiger partial charge in [0.25, 0.3) is 0 Å². The molecule has 0 fully saturated rings. The molecule has 0 unspecified atom stereocenters. The number of hydrogen-bond acceptors (Lipinski definition) is 4. The van der Waals surface area contributed by atoms with Crippen LogP contribution < -0.4 is 4.74 Å². The van der Waals surface area contributed by atoms with Gasteiger partial charge >= 0.3 is 5.97 Å². The molecule has 0 saturated carbocycles. The van der Waals surface area contributed by atoms with Crippen LogP contribution in [0.5, 0.6) is 5.88 Å². The number of carbonyl (C=O) groups is 1. The van der Waals surface area contributed by atoms with Gasteiger partial charge in [0.2, 0.25) is 5.88 Å². The number of pyridine rings is 1. The van der Waals surface area contributed by atoms with Gasteiger partial charge in [-0.25, -0.2) is 9.78 Å². The summed E-state index contributed by atoms with van der Waals surface area (Å²) in [5.74, 6) is -1.33. The lowest BCUT2D eigenvalue weighted by Gasteiger charge is -2.10. The monoisotopic (exact) mass is 236 g/mol. The van der Waals surface area contributed by atoms with Gasteiger partial charge in [-0.05, 0) is 19.8 Å². The first-order valence-corrected chi connectivity index (χ1v) is 4.14. The zero-order valence-electron chi connectivity index (χ0n) is 14.7. The van der Waals surface area contributed by atoms with Crippen molar-refractivity contribution in [3.63, 3.8) is 0 Å². The second-order valence-corrected chi connectivity index (χ2v) is 2.84. The third-order valence-corrected chi connectivity index (χ3v) is 1.70. The molecule has 0 atom stereocenters. The molecule has 1 aromatic rings. The van der Waals surface area contributed by atoms with Crippen molar-refractivity contribution in [2.45, 2.75) is 19.8 Å². The largest absolute Gasteiger partial charge is 0.474 e. The summed E-state index contributed by atoms with van der Waals surface area (Å²) in [6.45, 7) is -6.57. The maximum Gasteiger partial charge on any atom is 0.339 e. The first-order valence-electron chi connectivity index (χ1n) is 7.26. The summed E-state index contributed by atoms with van der Waals surface area (Å²) in [6.07, 6.45) is -2.30. The van der Waals surface area contributed by atoms with E-state index < -0.39 is 31.6 Å². The number of ether oxygens (including phenoxy) is 2. The minimum atomic E-state index is -3.29. The van der Waals surface area contributed by atoms with Gasteiger partial charge in [-0.1, -0.05) is 11.6 Å². The molecule has 0 aliphatic heterocycles. The van der Waals surface area contributed by atoms with Crippen molar-refractivity contribution in [2.24, 2.45) is 0 Å². The van der Waals surface area contributed by atoms with Crippen LogP contribution in [0, 0.1) is 0 Å². The van der Waals surface area contributed by atoms with E-state index in [1.807, 2.05) is 0 Å². The quantitative estimate of drug-likeness (QED) is 0.756. The van der Waals surface area contributed by atoms with Gasteiger partial charge in [0, 0.05) is 14.4 Å². The maximum absolute atomic E-state index is 11.3. The second kappa shape index (κ2) is 4.98. The third-order valence-electron chi connectivity index (χ3n) is 1.43. The Morgan fingerprint density at radius 2 is 2.47 bits per heavy atom. The number of aromatic nitrogens is 1. The Hall–Kier alpha value is -1.29. The predicted octanol–water partition coefficient (Wildman–Crippen LogP) is 2.31. The number of halogens is 1. The molecular weight excluding hydrogens is 218 g/mol. The van der Waals surface area contributed by atoms with E-state index in [1.165, 1.54) is 0 Å². The molecule has 1 heterocycles. The van der Waals surface area contributed by atoms with Crippen molar-refractivity contribution in [2.75, 3.05) is 7.11 Å². The van der Waals surface area contributed by atoms with Crippen molar-refractivity contribution in [1.82, 2.24) is 4.98 Å². The van der Waals surface area contributed by atoms with Gasteiger partial charge in [0.05, 0.1) is 20.1 Å². The number of nitrogens with zero attached hydrogens (tertiary/aromatic N) is 1. The summed E-state index contributed by atoms with van der Waals surface area (Å²) in [6, 6.07) is 1.06. The molecule has 15 heavy (non-hydrogen) atoms.